The van der Waals surface area contributed by atoms with Gasteiger partial charge in [-0.2, -0.15) is 0 Å². The highest BCUT2D eigenvalue weighted by Gasteiger charge is 2.17. The Morgan fingerprint density at radius 1 is 1.67 bits per heavy atom. The normalized spacial score (nSPS) is 12.4. The molecule has 0 bridgehead atoms. The number of carbonyl (C=O) groups is 1. The fraction of sp³-hybridized carbons (Fsp3) is 0.545. The molecule has 0 aliphatic rings. The van der Waals surface area contributed by atoms with Gasteiger partial charge < -0.3 is 9.15 Å². The van der Waals surface area contributed by atoms with Crippen molar-refractivity contribution in [3.63, 3.8) is 0 Å². The lowest BCUT2D eigenvalue weighted by Crippen LogP contribution is -2.36. The van der Waals surface area contributed by atoms with Gasteiger partial charge in [0.05, 0.1) is 19.9 Å². The largest absolute Gasteiger partial charge is 0.468 e. The number of furan rings is 1. The van der Waals surface area contributed by atoms with Crippen molar-refractivity contribution in [2.24, 2.45) is 0 Å². The van der Waals surface area contributed by atoms with Crippen molar-refractivity contribution < 1.29 is 13.9 Å². The highest BCUT2D eigenvalue weighted by molar-refractivity contribution is 5.75. The van der Waals surface area contributed by atoms with Gasteiger partial charge in [0, 0.05) is 0 Å². The van der Waals surface area contributed by atoms with E-state index >= 15 is 0 Å². The predicted octanol–water partition coefficient (Wildman–Crippen LogP) is 1.71. The summed E-state index contributed by atoms with van der Waals surface area (Å²) in [4.78, 5) is 11.3. The van der Waals surface area contributed by atoms with Gasteiger partial charge in [0.2, 0.25) is 0 Å². The summed E-state index contributed by atoms with van der Waals surface area (Å²) >= 11 is 0. The third-order valence-electron chi connectivity index (χ3n) is 2.17. The van der Waals surface area contributed by atoms with Crippen LogP contribution in [0, 0.1) is 0 Å². The average Bonchev–Trinajstić information content (AvgIpc) is 2.76. The summed E-state index contributed by atoms with van der Waals surface area (Å²) in [5, 5.41) is 3.11. The maximum atomic E-state index is 11.3. The first-order valence-corrected chi connectivity index (χ1v) is 5.11. The lowest BCUT2D eigenvalue weighted by molar-refractivity contribution is -0.143. The molecule has 0 saturated heterocycles. The molecule has 1 N–H and O–H groups in total. The lowest BCUT2D eigenvalue weighted by Gasteiger charge is -2.14. The highest BCUT2D eigenvalue weighted by atomic mass is 16.5. The Hall–Kier alpha value is -1.29. The van der Waals surface area contributed by atoms with Crippen molar-refractivity contribution in [3.8, 4) is 0 Å². The fourth-order valence-corrected chi connectivity index (χ4v) is 1.37. The molecule has 1 rings (SSSR count). The summed E-state index contributed by atoms with van der Waals surface area (Å²) in [7, 11) is 1.40. The van der Waals surface area contributed by atoms with Crippen LogP contribution in [0.3, 0.4) is 0 Å². The molecule has 0 aliphatic heterocycles. The van der Waals surface area contributed by atoms with E-state index in [1.807, 2.05) is 19.1 Å². The van der Waals surface area contributed by atoms with Crippen LogP contribution in [0.15, 0.2) is 22.8 Å². The van der Waals surface area contributed by atoms with Gasteiger partial charge in [-0.15, -0.1) is 0 Å². The van der Waals surface area contributed by atoms with Crippen LogP contribution >= 0.6 is 0 Å². The second-order valence-corrected chi connectivity index (χ2v) is 3.32. The predicted molar refractivity (Wildman–Crippen MR) is 56.3 cm³/mol. The van der Waals surface area contributed by atoms with Gasteiger partial charge in [-0.05, 0) is 18.6 Å². The monoisotopic (exact) mass is 211 g/mol. The zero-order valence-corrected chi connectivity index (χ0v) is 9.16. The van der Waals surface area contributed by atoms with Gasteiger partial charge >= 0.3 is 5.97 Å². The minimum atomic E-state index is -0.245. The van der Waals surface area contributed by atoms with Crippen LogP contribution in [0.1, 0.15) is 25.5 Å². The first kappa shape index (κ1) is 11.8. The molecule has 84 valence electrons. The van der Waals surface area contributed by atoms with E-state index in [-0.39, 0.29) is 12.0 Å². The number of hydrogen-bond donors (Lipinski definition) is 1. The van der Waals surface area contributed by atoms with E-state index in [2.05, 4.69) is 5.32 Å². The molecule has 4 heteroatoms. The zero-order chi connectivity index (χ0) is 11.1. The molecule has 0 unspecified atom stereocenters. The number of carbonyl (C=O) groups excluding carboxylic acids is 1. The summed E-state index contributed by atoms with van der Waals surface area (Å²) in [5.74, 6) is 0.600. The minimum Gasteiger partial charge on any atom is -0.468 e. The second kappa shape index (κ2) is 6.24. The van der Waals surface area contributed by atoms with Crippen LogP contribution < -0.4 is 5.32 Å². The van der Waals surface area contributed by atoms with Gasteiger partial charge in [-0.3, -0.25) is 10.1 Å². The summed E-state index contributed by atoms with van der Waals surface area (Å²) in [6, 6.07) is 3.45. The van der Waals surface area contributed by atoms with E-state index in [0.29, 0.717) is 6.54 Å². The van der Waals surface area contributed by atoms with E-state index in [4.69, 9.17) is 9.15 Å². The molecule has 0 saturated carbocycles. The lowest BCUT2D eigenvalue weighted by atomic mass is 10.1. The van der Waals surface area contributed by atoms with Crippen LogP contribution in [-0.4, -0.2) is 19.1 Å². The van der Waals surface area contributed by atoms with E-state index in [1.165, 1.54) is 7.11 Å². The van der Waals surface area contributed by atoms with Gasteiger partial charge in [0.1, 0.15) is 11.8 Å². The summed E-state index contributed by atoms with van der Waals surface area (Å²) in [5.41, 5.74) is 0. The van der Waals surface area contributed by atoms with Crippen molar-refractivity contribution in [3.05, 3.63) is 24.2 Å². The second-order valence-electron chi connectivity index (χ2n) is 3.32. The molecule has 1 aromatic rings. The first-order chi connectivity index (χ1) is 7.27. The molecule has 0 amide bonds. The molecule has 4 nitrogen and oxygen atoms in total. The molecule has 0 radical (unpaired) electrons. The molecule has 1 heterocycles. The third-order valence-corrected chi connectivity index (χ3v) is 2.17. The van der Waals surface area contributed by atoms with Gasteiger partial charge in [-0.25, -0.2) is 0 Å². The Labute approximate surface area is 89.6 Å². The Bertz CT molecular complexity index is 282. The molecule has 1 aromatic heterocycles. The molecule has 1 atom stereocenters. The summed E-state index contributed by atoms with van der Waals surface area (Å²) < 4.78 is 9.86. The number of methoxy groups -OCH3 is 1. The summed E-state index contributed by atoms with van der Waals surface area (Å²) in [6.45, 7) is 2.58. The Morgan fingerprint density at radius 2 is 2.47 bits per heavy atom. The van der Waals surface area contributed by atoms with Gasteiger partial charge in [-0.1, -0.05) is 13.3 Å². The fourth-order valence-electron chi connectivity index (χ4n) is 1.37. The Kier molecular flexibility index (Phi) is 4.90. The molecule has 15 heavy (non-hydrogen) atoms. The molecule has 0 spiro atoms. The smallest absolute Gasteiger partial charge is 0.322 e. The van der Waals surface area contributed by atoms with E-state index < -0.39 is 0 Å². The SMILES string of the molecule is CCC[C@H](NCc1ccco1)C(=O)OC. The van der Waals surface area contributed by atoms with Crippen LogP contribution in [0.25, 0.3) is 0 Å². The third kappa shape index (κ3) is 3.75. The highest BCUT2D eigenvalue weighted by Crippen LogP contribution is 2.03. The number of rotatable bonds is 6. The average molecular weight is 211 g/mol. The summed E-state index contributed by atoms with van der Waals surface area (Å²) in [6.07, 6.45) is 3.32. The van der Waals surface area contributed by atoms with Gasteiger partial charge in [0.25, 0.3) is 0 Å². The van der Waals surface area contributed by atoms with Gasteiger partial charge in [0.15, 0.2) is 0 Å². The van der Waals surface area contributed by atoms with E-state index in [0.717, 1.165) is 18.6 Å². The number of hydrogen-bond acceptors (Lipinski definition) is 4. The minimum absolute atomic E-state index is 0.219. The maximum absolute atomic E-state index is 11.3. The zero-order valence-electron chi connectivity index (χ0n) is 9.16. The quantitative estimate of drug-likeness (QED) is 0.728. The van der Waals surface area contributed by atoms with E-state index in [1.54, 1.807) is 6.26 Å². The van der Waals surface area contributed by atoms with Crippen molar-refractivity contribution in [2.45, 2.75) is 32.4 Å². The molecule has 0 aliphatic carbocycles. The molecular formula is C11H17NO3. The number of esters is 1. The standard InChI is InChI=1S/C11H17NO3/c1-3-5-10(11(13)14-2)12-8-9-6-4-7-15-9/h4,6-7,10,12H,3,5,8H2,1-2H3/t10-/m0/s1. The molecule has 0 fully saturated rings. The molecule has 0 aromatic carbocycles. The van der Waals surface area contributed by atoms with Crippen molar-refractivity contribution in [1.82, 2.24) is 5.32 Å². The van der Waals surface area contributed by atoms with Crippen molar-refractivity contribution >= 4 is 5.97 Å². The van der Waals surface area contributed by atoms with E-state index in [9.17, 15) is 4.79 Å². The Balaban J connectivity index is 2.41. The topological polar surface area (TPSA) is 51.5 Å². The van der Waals surface area contributed by atoms with Crippen LogP contribution in [0.5, 0.6) is 0 Å². The number of ether oxygens (including phenoxy) is 1. The molecular weight excluding hydrogens is 194 g/mol. The van der Waals surface area contributed by atoms with Crippen molar-refractivity contribution in [2.75, 3.05) is 7.11 Å². The van der Waals surface area contributed by atoms with Crippen LogP contribution in [0.4, 0.5) is 0 Å². The first-order valence-electron chi connectivity index (χ1n) is 5.11. The maximum Gasteiger partial charge on any atom is 0.322 e. The number of nitrogens with one attached hydrogen (secondary N) is 1. The van der Waals surface area contributed by atoms with Crippen LogP contribution in [0.2, 0.25) is 0 Å². The Morgan fingerprint density at radius 3 is 3.00 bits per heavy atom. The van der Waals surface area contributed by atoms with Crippen molar-refractivity contribution in [1.29, 1.82) is 0 Å². The van der Waals surface area contributed by atoms with Crippen LogP contribution in [-0.2, 0) is 16.1 Å².